The summed E-state index contributed by atoms with van der Waals surface area (Å²) in [5.41, 5.74) is 6.90. The third-order valence-electron chi connectivity index (χ3n) is 1.67. The van der Waals surface area contributed by atoms with Gasteiger partial charge < -0.3 is 10.6 Å². The summed E-state index contributed by atoms with van der Waals surface area (Å²) in [5.74, 6) is -0.677. The lowest BCUT2D eigenvalue weighted by Crippen LogP contribution is -2.37. The Hall–Kier alpha value is -2.22. The van der Waals surface area contributed by atoms with E-state index in [0.717, 1.165) is 0 Å². The number of nitrogens with zero attached hydrogens (tertiary/aromatic N) is 3. The summed E-state index contributed by atoms with van der Waals surface area (Å²) in [6.07, 6.45) is 3.14. The molecule has 1 heterocycles. The first-order valence-electron chi connectivity index (χ1n) is 4.76. The molecular formula is C9H13N5O3. The Balaban J connectivity index is 2.34. The van der Waals surface area contributed by atoms with E-state index in [9.17, 15) is 9.59 Å². The lowest BCUT2D eigenvalue weighted by atomic mass is 10.5. The van der Waals surface area contributed by atoms with Gasteiger partial charge in [-0.05, 0) is 6.07 Å². The van der Waals surface area contributed by atoms with Crippen LogP contribution in [0.2, 0.25) is 0 Å². The lowest BCUT2D eigenvalue weighted by molar-refractivity contribution is -0.136. The summed E-state index contributed by atoms with van der Waals surface area (Å²) in [6.45, 7) is -0.361. The van der Waals surface area contributed by atoms with Gasteiger partial charge in [-0.15, -0.1) is 0 Å². The van der Waals surface area contributed by atoms with E-state index in [1.165, 1.54) is 4.90 Å². The summed E-state index contributed by atoms with van der Waals surface area (Å²) in [7, 11) is 1.66. The first-order valence-corrected chi connectivity index (χ1v) is 4.76. The first kappa shape index (κ1) is 12.8. The van der Waals surface area contributed by atoms with Crippen molar-refractivity contribution in [1.29, 1.82) is 0 Å². The highest BCUT2D eigenvalue weighted by molar-refractivity contribution is 5.80. The molecule has 17 heavy (non-hydrogen) atoms. The second kappa shape index (κ2) is 6.38. The fourth-order valence-corrected chi connectivity index (χ4v) is 0.994. The molecule has 0 aliphatic rings. The van der Waals surface area contributed by atoms with Crippen molar-refractivity contribution >= 4 is 17.8 Å². The van der Waals surface area contributed by atoms with E-state index in [4.69, 9.17) is 5.73 Å². The summed E-state index contributed by atoms with van der Waals surface area (Å²) in [5, 5.41) is 0. The van der Waals surface area contributed by atoms with Gasteiger partial charge in [0.1, 0.15) is 6.54 Å². The Morgan fingerprint density at radius 1 is 1.47 bits per heavy atom. The van der Waals surface area contributed by atoms with Crippen molar-refractivity contribution in [2.24, 2.45) is 5.73 Å². The van der Waals surface area contributed by atoms with Crippen LogP contribution in [0.4, 0.5) is 5.95 Å². The Morgan fingerprint density at radius 2 is 2.12 bits per heavy atom. The van der Waals surface area contributed by atoms with Crippen LogP contribution in [0.25, 0.3) is 0 Å². The van der Waals surface area contributed by atoms with Gasteiger partial charge >= 0.3 is 0 Å². The SMILES string of the molecule is CN(CC(=O)NOCC(N)=O)c1ncccn1. The van der Waals surface area contributed by atoms with E-state index in [0.29, 0.717) is 5.95 Å². The third kappa shape index (κ3) is 4.89. The fourth-order valence-electron chi connectivity index (χ4n) is 0.994. The Morgan fingerprint density at radius 3 is 2.71 bits per heavy atom. The molecule has 0 radical (unpaired) electrons. The number of carbonyl (C=O) groups excluding carboxylic acids is 2. The monoisotopic (exact) mass is 239 g/mol. The second-order valence-electron chi connectivity index (χ2n) is 3.19. The molecule has 2 amide bonds. The van der Waals surface area contributed by atoms with Crippen LogP contribution >= 0.6 is 0 Å². The van der Waals surface area contributed by atoms with Gasteiger partial charge in [0.2, 0.25) is 11.9 Å². The smallest absolute Gasteiger partial charge is 0.263 e. The average Bonchev–Trinajstić information content (AvgIpc) is 2.29. The van der Waals surface area contributed by atoms with E-state index < -0.39 is 11.8 Å². The molecule has 0 spiro atoms. The molecule has 0 saturated carbocycles. The topological polar surface area (TPSA) is 110 Å². The van der Waals surface area contributed by atoms with Gasteiger partial charge in [-0.25, -0.2) is 15.4 Å². The highest BCUT2D eigenvalue weighted by Crippen LogP contribution is 2.00. The molecule has 0 aliphatic heterocycles. The standard InChI is InChI=1S/C9H13N5O3/c1-14(9-11-3-2-4-12-9)5-8(16)13-17-6-7(10)15/h2-4H,5-6H2,1H3,(H2,10,15)(H,13,16). The summed E-state index contributed by atoms with van der Waals surface area (Å²) >= 11 is 0. The van der Waals surface area contributed by atoms with Crippen LogP contribution in [0, 0.1) is 0 Å². The maximum absolute atomic E-state index is 11.3. The Bertz CT molecular complexity index is 383. The minimum absolute atomic E-state index is 0.00275. The molecule has 8 nitrogen and oxygen atoms in total. The minimum atomic E-state index is -0.662. The molecular weight excluding hydrogens is 226 g/mol. The molecule has 0 fully saturated rings. The normalized spacial score (nSPS) is 9.71. The number of aromatic nitrogens is 2. The van der Waals surface area contributed by atoms with E-state index >= 15 is 0 Å². The van der Waals surface area contributed by atoms with Crippen molar-refractivity contribution < 1.29 is 14.4 Å². The number of nitrogens with one attached hydrogen (secondary N) is 1. The highest BCUT2D eigenvalue weighted by atomic mass is 16.7. The molecule has 0 bridgehead atoms. The number of nitrogens with two attached hydrogens (primary N) is 1. The second-order valence-corrected chi connectivity index (χ2v) is 3.19. The molecule has 1 aromatic rings. The minimum Gasteiger partial charge on any atom is -0.368 e. The van der Waals surface area contributed by atoms with Crippen LogP contribution in [0.3, 0.4) is 0 Å². The quantitative estimate of drug-likeness (QED) is 0.581. The third-order valence-corrected chi connectivity index (χ3v) is 1.67. The summed E-state index contributed by atoms with van der Waals surface area (Å²) < 4.78 is 0. The van der Waals surface area contributed by atoms with Gasteiger partial charge in [-0.1, -0.05) is 0 Å². The van der Waals surface area contributed by atoms with Gasteiger partial charge in [0.25, 0.3) is 5.91 Å². The molecule has 0 unspecified atom stereocenters. The number of hydrogen-bond acceptors (Lipinski definition) is 6. The number of carbonyl (C=O) groups is 2. The van der Waals surface area contributed by atoms with Crippen LogP contribution in [-0.4, -0.2) is 42.0 Å². The van der Waals surface area contributed by atoms with E-state index in [2.05, 4.69) is 20.3 Å². The summed E-state index contributed by atoms with van der Waals surface area (Å²) in [4.78, 5) is 35.7. The van der Waals surface area contributed by atoms with Crippen molar-refractivity contribution in [3.05, 3.63) is 18.5 Å². The largest absolute Gasteiger partial charge is 0.368 e. The van der Waals surface area contributed by atoms with Crippen molar-refractivity contribution in [2.45, 2.75) is 0 Å². The Kier molecular flexibility index (Phi) is 4.82. The van der Waals surface area contributed by atoms with E-state index in [1.54, 1.807) is 25.5 Å². The number of hydroxylamine groups is 1. The Labute approximate surface area is 97.7 Å². The molecule has 0 atom stereocenters. The zero-order valence-electron chi connectivity index (χ0n) is 9.29. The maximum atomic E-state index is 11.3. The van der Waals surface area contributed by atoms with E-state index in [1.807, 2.05) is 0 Å². The predicted octanol–water partition coefficient (Wildman–Crippen LogP) is -1.55. The number of amides is 2. The molecule has 0 aliphatic carbocycles. The highest BCUT2D eigenvalue weighted by Gasteiger charge is 2.09. The van der Waals surface area contributed by atoms with Crippen molar-refractivity contribution in [3.63, 3.8) is 0 Å². The molecule has 1 rings (SSSR count). The van der Waals surface area contributed by atoms with Crippen LogP contribution in [0.1, 0.15) is 0 Å². The number of primary amides is 1. The maximum Gasteiger partial charge on any atom is 0.263 e. The first-order chi connectivity index (χ1) is 8.09. The molecule has 1 aromatic heterocycles. The van der Waals surface area contributed by atoms with Gasteiger partial charge in [-0.3, -0.25) is 14.4 Å². The zero-order valence-corrected chi connectivity index (χ0v) is 9.29. The van der Waals surface area contributed by atoms with Crippen LogP contribution < -0.4 is 16.1 Å². The zero-order chi connectivity index (χ0) is 12.7. The van der Waals surface area contributed by atoms with Crippen LogP contribution in [0.5, 0.6) is 0 Å². The molecule has 0 aromatic carbocycles. The van der Waals surface area contributed by atoms with Crippen LogP contribution in [0.15, 0.2) is 18.5 Å². The van der Waals surface area contributed by atoms with Gasteiger partial charge in [0.15, 0.2) is 6.61 Å². The summed E-state index contributed by atoms with van der Waals surface area (Å²) in [6, 6.07) is 1.67. The number of hydrogen-bond donors (Lipinski definition) is 2. The number of likely N-dealkylation sites (N-methyl/N-ethyl adjacent to an activating group) is 1. The molecule has 92 valence electrons. The van der Waals surface area contributed by atoms with Gasteiger partial charge in [0, 0.05) is 19.4 Å². The van der Waals surface area contributed by atoms with Gasteiger partial charge in [-0.2, -0.15) is 0 Å². The number of anilines is 1. The predicted molar refractivity (Wildman–Crippen MR) is 58.6 cm³/mol. The molecule has 3 N–H and O–H groups in total. The van der Waals surface area contributed by atoms with Crippen molar-refractivity contribution in [1.82, 2.24) is 15.4 Å². The molecule has 0 saturated heterocycles. The van der Waals surface area contributed by atoms with Crippen molar-refractivity contribution in [2.75, 3.05) is 25.1 Å². The van der Waals surface area contributed by atoms with Crippen LogP contribution in [-0.2, 0) is 14.4 Å². The fraction of sp³-hybridized carbons (Fsp3) is 0.333. The molecule has 8 heteroatoms. The van der Waals surface area contributed by atoms with Crippen molar-refractivity contribution in [3.8, 4) is 0 Å². The van der Waals surface area contributed by atoms with Gasteiger partial charge in [0.05, 0.1) is 0 Å². The lowest BCUT2D eigenvalue weighted by Gasteiger charge is -2.15. The average molecular weight is 239 g/mol. The number of rotatable bonds is 6. The van der Waals surface area contributed by atoms with E-state index in [-0.39, 0.29) is 13.2 Å².